The number of benzene rings is 1. The normalized spacial score (nSPS) is 15.2. The van der Waals surface area contributed by atoms with Crippen LogP contribution < -0.4 is 5.32 Å². The Labute approximate surface area is 139 Å². The largest absolute Gasteiger partial charge is 0.478 e. The summed E-state index contributed by atoms with van der Waals surface area (Å²) in [5, 5.41) is 18.6. The van der Waals surface area contributed by atoms with E-state index in [-0.39, 0.29) is 11.6 Å². The first-order valence-electron chi connectivity index (χ1n) is 7.97. The number of hydrogen-bond donors (Lipinski definition) is 3. The molecule has 0 bridgehead atoms. The van der Waals surface area contributed by atoms with Gasteiger partial charge in [-0.25, -0.2) is 9.59 Å². The molecule has 24 heavy (non-hydrogen) atoms. The van der Waals surface area contributed by atoms with E-state index in [9.17, 15) is 9.59 Å². The molecule has 2 aromatic rings. The molecule has 1 aromatic carbocycles. The summed E-state index contributed by atoms with van der Waals surface area (Å²) in [6.07, 6.45) is 5.63. The van der Waals surface area contributed by atoms with Gasteiger partial charge in [-0.15, -0.1) is 0 Å². The van der Waals surface area contributed by atoms with Gasteiger partial charge in [0.25, 0.3) is 0 Å². The Hall–Kier alpha value is -2.83. The van der Waals surface area contributed by atoms with Crippen LogP contribution in [0.2, 0.25) is 0 Å². The summed E-state index contributed by atoms with van der Waals surface area (Å²) in [6.45, 7) is 1.83. The molecule has 7 heteroatoms. The molecule has 3 N–H and O–H groups in total. The van der Waals surface area contributed by atoms with Gasteiger partial charge >= 0.3 is 12.0 Å². The molecule has 7 nitrogen and oxygen atoms in total. The van der Waals surface area contributed by atoms with Crippen LogP contribution >= 0.6 is 0 Å². The highest BCUT2D eigenvalue weighted by Crippen LogP contribution is 2.27. The third-order valence-electron chi connectivity index (χ3n) is 4.42. The number of likely N-dealkylation sites (tertiary alicyclic amines) is 1. The molecule has 0 unspecified atom stereocenters. The Balaban J connectivity index is 1.46. The summed E-state index contributed by atoms with van der Waals surface area (Å²) in [4.78, 5) is 24.9. The van der Waals surface area contributed by atoms with Gasteiger partial charge in [-0.1, -0.05) is 12.1 Å². The second-order valence-corrected chi connectivity index (χ2v) is 5.95. The summed E-state index contributed by atoms with van der Waals surface area (Å²) in [5.74, 6) is -0.498. The van der Waals surface area contributed by atoms with Crippen LogP contribution in [0.25, 0.3) is 0 Å². The number of urea groups is 1. The number of carboxylic acids is 1. The number of aromatic carboxylic acids is 1. The molecule has 1 fully saturated rings. The lowest BCUT2D eigenvalue weighted by atomic mass is 9.92. The number of carboxylic acid groups (broad SMARTS) is 1. The van der Waals surface area contributed by atoms with Gasteiger partial charge in [0.2, 0.25) is 0 Å². The van der Waals surface area contributed by atoms with E-state index < -0.39 is 5.97 Å². The van der Waals surface area contributed by atoms with Gasteiger partial charge in [-0.05, 0) is 42.0 Å². The molecule has 2 amide bonds. The monoisotopic (exact) mass is 328 g/mol. The van der Waals surface area contributed by atoms with Crippen molar-refractivity contribution in [3.05, 3.63) is 53.3 Å². The highest BCUT2D eigenvalue weighted by Gasteiger charge is 2.24. The first-order valence-corrected chi connectivity index (χ1v) is 7.97. The zero-order valence-electron chi connectivity index (χ0n) is 13.2. The molecule has 0 spiro atoms. The smallest absolute Gasteiger partial charge is 0.335 e. The Morgan fingerprint density at radius 3 is 2.54 bits per heavy atom. The number of nitrogens with one attached hydrogen (secondary N) is 2. The second-order valence-electron chi connectivity index (χ2n) is 5.95. The van der Waals surface area contributed by atoms with E-state index in [1.54, 1.807) is 24.3 Å². The van der Waals surface area contributed by atoms with E-state index in [2.05, 4.69) is 15.5 Å². The Morgan fingerprint density at radius 1 is 1.25 bits per heavy atom. The highest BCUT2D eigenvalue weighted by molar-refractivity contribution is 5.87. The Morgan fingerprint density at radius 2 is 1.96 bits per heavy atom. The van der Waals surface area contributed by atoms with Gasteiger partial charge in [-0.3, -0.25) is 5.10 Å². The number of piperidine rings is 1. The van der Waals surface area contributed by atoms with Gasteiger partial charge < -0.3 is 15.3 Å². The molecule has 0 aliphatic carbocycles. The van der Waals surface area contributed by atoms with E-state index in [1.165, 1.54) is 5.56 Å². The Kier molecular flexibility index (Phi) is 4.79. The molecule has 1 saturated heterocycles. The van der Waals surface area contributed by atoms with Crippen LogP contribution in [-0.2, 0) is 6.54 Å². The van der Waals surface area contributed by atoms with Crippen LogP contribution in [0.3, 0.4) is 0 Å². The van der Waals surface area contributed by atoms with E-state index in [4.69, 9.17) is 5.11 Å². The first kappa shape index (κ1) is 16.0. The number of carbonyl (C=O) groups excluding carboxylic acids is 1. The van der Waals surface area contributed by atoms with Crippen molar-refractivity contribution in [2.45, 2.75) is 25.3 Å². The van der Waals surface area contributed by atoms with Crippen LogP contribution in [0, 0.1) is 0 Å². The minimum absolute atomic E-state index is 0.0806. The lowest BCUT2D eigenvalue weighted by molar-refractivity contribution is 0.0697. The molecule has 1 aliphatic rings. The molecule has 1 aromatic heterocycles. The number of carbonyl (C=O) groups is 2. The first-order chi connectivity index (χ1) is 11.6. The van der Waals surface area contributed by atoms with Crippen LogP contribution in [0.15, 0.2) is 36.7 Å². The fraction of sp³-hybridized carbons (Fsp3) is 0.353. The quantitative estimate of drug-likeness (QED) is 0.801. The van der Waals surface area contributed by atoms with Crippen LogP contribution in [-0.4, -0.2) is 45.3 Å². The number of hydrogen-bond acceptors (Lipinski definition) is 3. The summed E-state index contributed by atoms with van der Waals surface area (Å²) in [5.41, 5.74) is 2.32. The van der Waals surface area contributed by atoms with Crippen molar-refractivity contribution < 1.29 is 14.7 Å². The van der Waals surface area contributed by atoms with Crippen molar-refractivity contribution in [1.82, 2.24) is 20.4 Å². The number of aromatic nitrogens is 2. The van der Waals surface area contributed by atoms with Crippen LogP contribution in [0.4, 0.5) is 4.79 Å². The van der Waals surface area contributed by atoms with E-state index in [0.717, 1.165) is 31.5 Å². The SMILES string of the molecule is O=C(O)c1ccc(CNC(=O)N2CCC(c3cn[nH]c3)CC2)cc1. The predicted molar refractivity (Wildman–Crippen MR) is 87.8 cm³/mol. The standard InChI is InChI=1S/C17H20N4O3/c22-16(23)14-3-1-12(2-4-14)9-18-17(24)21-7-5-13(6-8-21)15-10-19-20-11-15/h1-4,10-11,13H,5-9H2,(H,18,24)(H,19,20)(H,22,23). The molecular formula is C17H20N4O3. The number of H-pyrrole nitrogens is 1. The van der Waals surface area contributed by atoms with Crippen molar-refractivity contribution in [2.75, 3.05) is 13.1 Å². The van der Waals surface area contributed by atoms with Crippen molar-refractivity contribution in [1.29, 1.82) is 0 Å². The molecule has 1 aliphatic heterocycles. The molecule has 0 radical (unpaired) electrons. The maximum absolute atomic E-state index is 12.2. The predicted octanol–water partition coefficient (Wildman–Crippen LogP) is 2.20. The summed E-state index contributed by atoms with van der Waals surface area (Å²) >= 11 is 0. The van der Waals surface area contributed by atoms with E-state index in [1.807, 2.05) is 17.3 Å². The zero-order valence-corrected chi connectivity index (χ0v) is 13.2. The number of nitrogens with zero attached hydrogens (tertiary/aromatic N) is 2. The van der Waals surface area contributed by atoms with Gasteiger partial charge in [0, 0.05) is 25.8 Å². The molecular weight excluding hydrogens is 308 g/mol. The minimum Gasteiger partial charge on any atom is -0.478 e. The van der Waals surface area contributed by atoms with Gasteiger partial charge in [0.05, 0.1) is 11.8 Å². The fourth-order valence-corrected chi connectivity index (χ4v) is 2.95. The minimum atomic E-state index is -0.953. The third kappa shape index (κ3) is 3.73. The number of aromatic amines is 1. The van der Waals surface area contributed by atoms with Gasteiger partial charge in [0.1, 0.15) is 0 Å². The van der Waals surface area contributed by atoms with Crippen molar-refractivity contribution >= 4 is 12.0 Å². The maximum Gasteiger partial charge on any atom is 0.335 e. The topological polar surface area (TPSA) is 98.3 Å². The van der Waals surface area contributed by atoms with Gasteiger partial charge in [-0.2, -0.15) is 5.10 Å². The fourth-order valence-electron chi connectivity index (χ4n) is 2.95. The van der Waals surface area contributed by atoms with E-state index in [0.29, 0.717) is 12.5 Å². The molecule has 126 valence electrons. The highest BCUT2D eigenvalue weighted by atomic mass is 16.4. The lowest BCUT2D eigenvalue weighted by Crippen LogP contribution is -2.43. The van der Waals surface area contributed by atoms with Crippen molar-refractivity contribution in [2.24, 2.45) is 0 Å². The number of amides is 2. The van der Waals surface area contributed by atoms with Gasteiger partial charge in [0.15, 0.2) is 0 Å². The molecule has 0 saturated carbocycles. The maximum atomic E-state index is 12.2. The average Bonchev–Trinajstić information content (AvgIpc) is 3.15. The third-order valence-corrected chi connectivity index (χ3v) is 4.42. The molecule has 2 heterocycles. The molecule has 3 rings (SSSR count). The zero-order chi connectivity index (χ0) is 16.9. The van der Waals surface area contributed by atoms with Crippen molar-refractivity contribution in [3.8, 4) is 0 Å². The molecule has 0 atom stereocenters. The van der Waals surface area contributed by atoms with E-state index >= 15 is 0 Å². The second kappa shape index (κ2) is 7.16. The van der Waals surface area contributed by atoms with Crippen LogP contribution in [0.1, 0.15) is 40.2 Å². The summed E-state index contributed by atoms with van der Waals surface area (Å²) in [7, 11) is 0. The van der Waals surface area contributed by atoms with Crippen molar-refractivity contribution in [3.63, 3.8) is 0 Å². The lowest BCUT2D eigenvalue weighted by Gasteiger charge is -2.31. The summed E-state index contributed by atoms with van der Waals surface area (Å²) < 4.78 is 0. The summed E-state index contributed by atoms with van der Waals surface area (Å²) in [6, 6.07) is 6.44. The van der Waals surface area contributed by atoms with Crippen LogP contribution in [0.5, 0.6) is 0 Å². The average molecular weight is 328 g/mol. The number of rotatable bonds is 4. The Bertz CT molecular complexity index is 689.